The van der Waals surface area contributed by atoms with Crippen LogP contribution in [-0.4, -0.2) is 16.5 Å². The molecule has 3 rings (SSSR count). The Morgan fingerprint density at radius 3 is 2.59 bits per heavy atom. The van der Waals surface area contributed by atoms with E-state index in [1.807, 2.05) is 61.7 Å². The molecule has 0 bridgehead atoms. The highest BCUT2D eigenvalue weighted by Crippen LogP contribution is 2.42. The first-order valence-corrected chi connectivity index (χ1v) is 8.93. The fourth-order valence-corrected chi connectivity index (χ4v) is 4.46. The average Bonchev–Trinajstić information content (AvgIpc) is 3.10. The molecule has 2 aromatic rings. The van der Waals surface area contributed by atoms with E-state index in [1.165, 1.54) is 0 Å². The maximum Gasteiger partial charge on any atom is 0.416 e. The standard InChI is InChI=1S/C17H16INO2S/c1-17(2)15(14(18)13-9-6-10-22-13)21-16(20)19(17)11-12-7-4-3-5-8-12/h3-10H,11H2,1-2H3/b15-14+. The van der Waals surface area contributed by atoms with Crippen molar-refractivity contribution in [3.63, 3.8) is 0 Å². The van der Waals surface area contributed by atoms with Gasteiger partial charge in [-0.1, -0.05) is 36.4 Å². The lowest BCUT2D eigenvalue weighted by molar-refractivity contribution is 0.154. The summed E-state index contributed by atoms with van der Waals surface area (Å²) in [6.45, 7) is 4.61. The summed E-state index contributed by atoms with van der Waals surface area (Å²) in [7, 11) is 0. The van der Waals surface area contributed by atoms with E-state index in [4.69, 9.17) is 4.74 Å². The number of hydrogen-bond donors (Lipinski definition) is 0. The Balaban J connectivity index is 1.94. The number of thiophene rings is 1. The highest BCUT2D eigenvalue weighted by Gasteiger charge is 2.46. The Bertz CT molecular complexity index is 708. The lowest BCUT2D eigenvalue weighted by Crippen LogP contribution is -2.40. The molecule has 1 aliphatic heterocycles. The molecule has 5 heteroatoms. The first kappa shape index (κ1) is 15.6. The van der Waals surface area contributed by atoms with Crippen LogP contribution in [0.3, 0.4) is 0 Å². The van der Waals surface area contributed by atoms with Gasteiger partial charge in [0.15, 0.2) is 0 Å². The molecule has 0 saturated carbocycles. The molecule has 3 nitrogen and oxygen atoms in total. The first-order chi connectivity index (χ1) is 10.5. The lowest BCUT2D eigenvalue weighted by Gasteiger charge is -2.29. The van der Waals surface area contributed by atoms with Crippen molar-refractivity contribution >= 4 is 43.6 Å². The Labute approximate surface area is 147 Å². The lowest BCUT2D eigenvalue weighted by atomic mass is 10.00. The molecule has 114 valence electrons. The van der Waals surface area contributed by atoms with Crippen LogP contribution in [0.1, 0.15) is 24.3 Å². The molecule has 22 heavy (non-hydrogen) atoms. The quantitative estimate of drug-likeness (QED) is 0.626. The van der Waals surface area contributed by atoms with E-state index in [1.54, 1.807) is 16.2 Å². The molecule has 0 spiro atoms. The van der Waals surface area contributed by atoms with Crippen molar-refractivity contribution in [1.29, 1.82) is 0 Å². The molecule has 0 radical (unpaired) electrons. The second-order valence-electron chi connectivity index (χ2n) is 5.62. The number of rotatable bonds is 3. The molecule has 0 N–H and O–H groups in total. The number of halogens is 1. The van der Waals surface area contributed by atoms with Gasteiger partial charge in [-0.2, -0.15) is 0 Å². The number of carbonyl (C=O) groups is 1. The van der Waals surface area contributed by atoms with Crippen LogP contribution >= 0.6 is 33.9 Å². The molecular weight excluding hydrogens is 409 g/mol. The number of benzene rings is 1. The van der Waals surface area contributed by atoms with E-state index >= 15 is 0 Å². The maximum absolute atomic E-state index is 12.3. The molecule has 1 fully saturated rings. The number of nitrogens with zero attached hydrogens (tertiary/aromatic N) is 1. The maximum atomic E-state index is 12.3. The van der Waals surface area contributed by atoms with Gasteiger partial charge in [0.2, 0.25) is 0 Å². The Morgan fingerprint density at radius 2 is 1.95 bits per heavy atom. The minimum absolute atomic E-state index is 0.283. The van der Waals surface area contributed by atoms with Gasteiger partial charge in [-0.05, 0) is 53.4 Å². The number of hydrogen-bond acceptors (Lipinski definition) is 3. The van der Waals surface area contributed by atoms with Gasteiger partial charge in [-0.3, -0.25) is 4.90 Å². The van der Waals surface area contributed by atoms with Crippen molar-refractivity contribution in [3.8, 4) is 0 Å². The molecule has 1 aromatic carbocycles. The summed E-state index contributed by atoms with van der Waals surface area (Å²) in [4.78, 5) is 15.3. The monoisotopic (exact) mass is 425 g/mol. The van der Waals surface area contributed by atoms with E-state index in [2.05, 4.69) is 22.6 Å². The molecule has 2 heterocycles. The molecule has 1 aliphatic rings. The van der Waals surface area contributed by atoms with Crippen LogP contribution in [0.15, 0.2) is 53.6 Å². The van der Waals surface area contributed by atoms with Crippen molar-refractivity contribution in [2.24, 2.45) is 0 Å². The van der Waals surface area contributed by atoms with Crippen LogP contribution in [0.25, 0.3) is 3.58 Å². The summed E-state index contributed by atoms with van der Waals surface area (Å²) >= 11 is 3.92. The van der Waals surface area contributed by atoms with E-state index in [9.17, 15) is 4.79 Å². The zero-order valence-corrected chi connectivity index (χ0v) is 15.3. The van der Waals surface area contributed by atoms with E-state index in [0.29, 0.717) is 6.54 Å². The second-order valence-corrected chi connectivity index (χ2v) is 7.65. The van der Waals surface area contributed by atoms with Crippen molar-refractivity contribution in [2.75, 3.05) is 0 Å². The summed E-state index contributed by atoms with van der Waals surface area (Å²) < 4.78 is 6.61. The number of ether oxygens (including phenoxy) is 1. The van der Waals surface area contributed by atoms with Crippen molar-refractivity contribution < 1.29 is 9.53 Å². The van der Waals surface area contributed by atoms with Crippen molar-refractivity contribution in [1.82, 2.24) is 4.90 Å². The SMILES string of the molecule is CC1(C)/C(=C(\I)c2cccs2)OC(=O)N1Cc1ccccc1. The summed E-state index contributed by atoms with van der Waals surface area (Å²) in [5, 5.41) is 2.03. The number of carbonyl (C=O) groups excluding carboxylic acids is 1. The largest absolute Gasteiger partial charge is 0.416 e. The summed E-state index contributed by atoms with van der Waals surface area (Å²) in [5.74, 6) is 0.733. The Morgan fingerprint density at radius 1 is 1.23 bits per heavy atom. The molecule has 0 aliphatic carbocycles. The molecule has 0 unspecified atom stereocenters. The Hall–Kier alpha value is -1.34. The highest BCUT2D eigenvalue weighted by atomic mass is 127. The average molecular weight is 425 g/mol. The minimum atomic E-state index is -0.465. The van der Waals surface area contributed by atoms with E-state index in [-0.39, 0.29) is 6.09 Å². The fourth-order valence-electron chi connectivity index (χ4n) is 2.47. The smallest absolute Gasteiger partial charge is 0.411 e. The van der Waals surface area contributed by atoms with Crippen LogP contribution in [0.4, 0.5) is 4.79 Å². The molecule has 1 saturated heterocycles. The molecule has 1 amide bonds. The Kier molecular flexibility index (Phi) is 4.27. The zero-order chi connectivity index (χ0) is 15.7. The van der Waals surface area contributed by atoms with E-state index in [0.717, 1.165) is 19.8 Å². The van der Waals surface area contributed by atoms with Crippen LogP contribution in [-0.2, 0) is 11.3 Å². The van der Waals surface area contributed by atoms with Gasteiger partial charge in [0.05, 0.1) is 10.1 Å². The predicted molar refractivity (Wildman–Crippen MR) is 97.8 cm³/mol. The normalized spacial score (nSPS) is 19.2. The highest BCUT2D eigenvalue weighted by molar-refractivity contribution is 14.1. The van der Waals surface area contributed by atoms with Gasteiger partial charge in [0.25, 0.3) is 0 Å². The predicted octanol–water partition coefficient (Wildman–Crippen LogP) is 5.28. The number of cyclic esters (lactones) is 1. The van der Waals surface area contributed by atoms with Gasteiger partial charge in [0.1, 0.15) is 11.3 Å². The summed E-state index contributed by atoms with van der Waals surface area (Å²) in [5.41, 5.74) is 0.632. The molecular formula is C17H16INO2S. The summed E-state index contributed by atoms with van der Waals surface area (Å²) in [6.07, 6.45) is -0.283. The third-order valence-electron chi connectivity index (χ3n) is 3.76. The zero-order valence-electron chi connectivity index (χ0n) is 12.4. The van der Waals surface area contributed by atoms with Gasteiger partial charge in [-0.15, -0.1) is 11.3 Å². The minimum Gasteiger partial charge on any atom is -0.411 e. The molecule has 0 atom stereocenters. The number of amides is 1. The third-order valence-corrected chi connectivity index (χ3v) is 6.08. The van der Waals surface area contributed by atoms with Gasteiger partial charge in [-0.25, -0.2) is 4.79 Å². The summed E-state index contributed by atoms with van der Waals surface area (Å²) in [6, 6.07) is 14.0. The fraction of sp³-hybridized carbons (Fsp3) is 0.235. The van der Waals surface area contributed by atoms with Gasteiger partial charge in [0, 0.05) is 4.88 Å². The van der Waals surface area contributed by atoms with Gasteiger partial charge < -0.3 is 4.74 Å². The van der Waals surface area contributed by atoms with Crippen LogP contribution < -0.4 is 0 Å². The topological polar surface area (TPSA) is 29.5 Å². The van der Waals surface area contributed by atoms with Crippen molar-refractivity contribution in [2.45, 2.75) is 25.9 Å². The van der Waals surface area contributed by atoms with Crippen LogP contribution in [0.5, 0.6) is 0 Å². The first-order valence-electron chi connectivity index (χ1n) is 6.97. The van der Waals surface area contributed by atoms with Crippen LogP contribution in [0.2, 0.25) is 0 Å². The van der Waals surface area contributed by atoms with Crippen LogP contribution in [0, 0.1) is 0 Å². The van der Waals surface area contributed by atoms with E-state index < -0.39 is 5.54 Å². The molecule has 1 aromatic heterocycles. The third kappa shape index (κ3) is 2.79. The van der Waals surface area contributed by atoms with Gasteiger partial charge >= 0.3 is 6.09 Å². The second kappa shape index (κ2) is 6.04. The van der Waals surface area contributed by atoms with Crippen molar-refractivity contribution in [3.05, 3.63) is 64.0 Å².